The Balaban J connectivity index is 1.41. The number of nitrogens with zero attached hydrogens (tertiary/aromatic N) is 2. The van der Waals surface area contributed by atoms with Crippen LogP contribution in [0.5, 0.6) is 5.75 Å². The fourth-order valence-electron chi connectivity index (χ4n) is 3.33. The Bertz CT molecular complexity index is 1370. The van der Waals surface area contributed by atoms with Gasteiger partial charge in [-0.15, -0.1) is 11.3 Å². The van der Waals surface area contributed by atoms with Crippen LogP contribution in [0.1, 0.15) is 32.8 Å². The van der Waals surface area contributed by atoms with Crippen molar-refractivity contribution in [2.24, 2.45) is 0 Å². The second kappa shape index (κ2) is 10.7. The molecular weight excluding hydrogens is 489 g/mol. The molecule has 4 aromatic rings. The lowest BCUT2D eigenvalue weighted by molar-refractivity contribution is -0.113. The zero-order valence-corrected chi connectivity index (χ0v) is 20.4. The predicted molar refractivity (Wildman–Crippen MR) is 133 cm³/mol. The molecule has 10 heteroatoms. The molecule has 0 atom stereocenters. The van der Waals surface area contributed by atoms with Gasteiger partial charge >= 0.3 is 5.97 Å². The minimum atomic E-state index is -0.440. The van der Waals surface area contributed by atoms with Gasteiger partial charge in [0.25, 0.3) is 0 Å². The summed E-state index contributed by atoms with van der Waals surface area (Å²) < 4.78 is 20.3. The van der Waals surface area contributed by atoms with E-state index in [9.17, 15) is 18.8 Å². The van der Waals surface area contributed by atoms with Gasteiger partial charge in [-0.3, -0.25) is 14.2 Å². The fraction of sp³-hybridized carbons (Fsp3) is 0.120. The van der Waals surface area contributed by atoms with E-state index < -0.39 is 11.8 Å². The van der Waals surface area contributed by atoms with Gasteiger partial charge in [-0.25, -0.2) is 14.2 Å². The van der Waals surface area contributed by atoms with E-state index in [2.05, 4.69) is 10.3 Å². The summed E-state index contributed by atoms with van der Waals surface area (Å²) >= 11 is 2.45. The Kier molecular flexibility index (Phi) is 7.42. The van der Waals surface area contributed by atoms with Crippen LogP contribution < -0.4 is 10.1 Å². The van der Waals surface area contributed by atoms with E-state index >= 15 is 0 Å². The largest absolute Gasteiger partial charge is 0.422 e. The van der Waals surface area contributed by atoms with E-state index in [0.29, 0.717) is 38.5 Å². The highest BCUT2D eigenvalue weighted by molar-refractivity contribution is 7.99. The quantitative estimate of drug-likeness (QED) is 0.145. The van der Waals surface area contributed by atoms with Crippen LogP contribution in [0.3, 0.4) is 0 Å². The summed E-state index contributed by atoms with van der Waals surface area (Å²) in [6.45, 7) is 3.15. The van der Waals surface area contributed by atoms with Gasteiger partial charge in [0, 0.05) is 18.3 Å². The number of amides is 1. The molecular formula is C25H20FN3O4S2. The number of thiophene rings is 1. The van der Waals surface area contributed by atoms with Gasteiger partial charge in [-0.1, -0.05) is 17.8 Å². The molecule has 0 fully saturated rings. The van der Waals surface area contributed by atoms with Crippen molar-refractivity contribution in [3.63, 3.8) is 0 Å². The number of imidazole rings is 1. The maximum Gasteiger partial charge on any atom is 0.353 e. The zero-order valence-electron chi connectivity index (χ0n) is 18.8. The van der Waals surface area contributed by atoms with Gasteiger partial charge in [0.15, 0.2) is 10.9 Å². The number of carbonyl (C=O) groups excluding carboxylic acids is 3. The second-order valence-electron chi connectivity index (χ2n) is 7.42. The van der Waals surface area contributed by atoms with Crippen LogP contribution >= 0.6 is 23.1 Å². The van der Waals surface area contributed by atoms with Crippen LogP contribution in [-0.4, -0.2) is 33.0 Å². The first kappa shape index (κ1) is 24.4. The molecule has 0 bridgehead atoms. The number of aromatic nitrogens is 2. The van der Waals surface area contributed by atoms with E-state index in [0.717, 1.165) is 11.8 Å². The summed E-state index contributed by atoms with van der Waals surface area (Å²) in [5, 5.41) is 5.02. The predicted octanol–water partition coefficient (Wildman–Crippen LogP) is 5.53. The number of hydrogen-bond acceptors (Lipinski definition) is 7. The number of ketones is 1. The number of esters is 1. The van der Waals surface area contributed by atoms with Crippen LogP contribution in [0.25, 0.3) is 5.69 Å². The number of rotatable bonds is 8. The van der Waals surface area contributed by atoms with Crippen LogP contribution in [0.4, 0.5) is 10.1 Å². The lowest BCUT2D eigenvalue weighted by atomic mass is 10.2. The number of thioether (sulfide) groups is 1. The summed E-state index contributed by atoms with van der Waals surface area (Å²) in [5.41, 5.74) is 2.02. The second-order valence-corrected chi connectivity index (χ2v) is 9.31. The van der Waals surface area contributed by atoms with Gasteiger partial charge in [-0.2, -0.15) is 0 Å². The van der Waals surface area contributed by atoms with Crippen molar-refractivity contribution in [2.45, 2.75) is 19.0 Å². The first-order valence-corrected chi connectivity index (χ1v) is 12.3. The Morgan fingerprint density at radius 1 is 1.09 bits per heavy atom. The Morgan fingerprint density at radius 2 is 1.80 bits per heavy atom. The first-order chi connectivity index (χ1) is 16.8. The van der Waals surface area contributed by atoms with Crippen molar-refractivity contribution in [1.82, 2.24) is 9.55 Å². The highest BCUT2D eigenvalue weighted by atomic mass is 32.2. The van der Waals surface area contributed by atoms with E-state index in [-0.39, 0.29) is 17.4 Å². The number of nitrogens with one attached hydrogen (secondary N) is 1. The van der Waals surface area contributed by atoms with Crippen molar-refractivity contribution >= 4 is 46.4 Å². The molecule has 2 heterocycles. The summed E-state index contributed by atoms with van der Waals surface area (Å²) in [4.78, 5) is 41.8. The van der Waals surface area contributed by atoms with Crippen molar-refractivity contribution < 1.29 is 23.5 Å². The molecule has 0 unspecified atom stereocenters. The molecule has 0 aliphatic heterocycles. The molecule has 2 aromatic heterocycles. The molecule has 1 N–H and O–H groups in total. The standard InChI is InChI=1S/C25H20FN3O4S2/c1-15-23(16(2)30)29(19-9-5-17(26)6-10-19)25(27-15)35-14-22(31)28-18-7-11-20(12-8-18)33-24(32)21-4-3-13-34-21/h3-13H,14H2,1-2H3,(H,28,31). The van der Waals surface area contributed by atoms with Crippen molar-refractivity contribution in [3.8, 4) is 11.4 Å². The molecule has 178 valence electrons. The first-order valence-electron chi connectivity index (χ1n) is 10.5. The molecule has 0 saturated carbocycles. The van der Waals surface area contributed by atoms with E-state index in [1.807, 2.05) is 0 Å². The summed E-state index contributed by atoms with van der Waals surface area (Å²) in [5.74, 6) is -0.904. The smallest absolute Gasteiger partial charge is 0.353 e. The third-order valence-electron chi connectivity index (χ3n) is 4.84. The fourth-order valence-corrected chi connectivity index (χ4v) is 4.79. The highest BCUT2D eigenvalue weighted by Crippen LogP contribution is 2.27. The van der Waals surface area contributed by atoms with Gasteiger partial charge in [0.2, 0.25) is 5.91 Å². The molecule has 0 spiro atoms. The van der Waals surface area contributed by atoms with Crippen LogP contribution in [-0.2, 0) is 4.79 Å². The molecule has 0 radical (unpaired) electrons. The monoisotopic (exact) mass is 509 g/mol. The van der Waals surface area contributed by atoms with E-state index in [1.54, 1.807) is 65.4 Å². The number of halogens is 1. The normalized spacial score (nSPS) is 10.7. The Hall–Kier alpha value is -3.76. The molecule has 1 amide bonds. The third kappa shape index (κ3) is 5.84. The Labute approximate surface area is 209 Å². The average molecular weight is 510 g/mol. The number of anilines is 1. The molecule has 35 heavy (non-hydrogen) atoms. The molecule has 0 aliphatic carbocycles. The number of ether oxygens (including phenoxy) is 1. The van der Waals surface area contributed by atoms with Gasteiger partial charge < -0.3 is 10.1 Å². The van der Waals surface area contributed by atoms with Crippen LogP contribution in [0, 0.1) is 12.7 Å². The molecule has 0 saturated heterocycles. The minimum Gasteiger partial charge on any atom is -0.422 e. The average Bonchev–Trinajstić information content (AvgIpc) is 3.48. The van der Waals surface area contributed by atoms with Gasteiger partial charge in [-0.05, 0) is 66.9 Å². The number of hydrogen-bond donors (Lipinski definition) is 1. The maximum atomic E-state index is 13.4. The molecule has 7 nitrogen and oxygen atoms in total. The van der Waals surface area contributed by atoms with Crippen molar-refractivity contribution in [3.05, 3.63) is 88.1 Å². The van der Waals surface area contributed by atoms with Crippen molar-refractivity contribution in [1.29, 1.82) is 0 Å². The van der Waals surface area contributed by atoms with E-state index in [1.165, 1.54) is 30.4 Å². The lowest BCUT2D eigenvalue weighted by Gasteiger charge is -2.11. The summed E-state index contributed by atoms with van der Waals surface area (Å²) in [7, 11) is 0. The summed E-state index contributed by atoms with van der Waals surface area (Å²) in [6.07, 6.45) is 0. The number of aryl methyl sites for hydroxylation is 1. The van der Waals surface area contributed by atoms with Gasteiger partial charge in [0.05, 0.1) is 11.4 Å². The molecule has 4 rings (SSSR count). The maximum absolute atomic E-state index is 13.4. The van der Waals surface area contributed by atoms with Gasteiger partial charge in [0.1, 0.15) is 22.1 Å². The third-order valence-corrected chi connectivity index (χ3v) is 6.63. The number of benzene rings is 2. The Morgan fingerprint density at radius 3 is 2.43 bits per heavy atom. The van der Waals surface area contributed by atoms with Crippen LogP contribution in [0.2, 0.25) is 0 Å². The zero-order chi connectivity index (χ0) is 24.9. The highest BCUT2D eigenvalue weighted by Gasteiger charge is 2.20. The number of Topliss-reactive ketones (excluding diaryl/α,β-unsaturated/α-hetero) is 1. The summed E-state index contributed by atoms with van der Waals surface area (Å²) in [6, 6.07) is 15.6. The lowest BCUT2D eigenvalue weighted by Crippen LogP contribution is -2.15. The van der Waals surface area contributed by atoms with Crippen LogP contribution in [0.15, 0.2) is 71.2 Å². The van der Waals surface area contributed by atoms with E-state index in [4.69, 9.17) is 4.74 Å². The SMILES string of the molecule is CC(=O)c1c(C)nc(SCC(=O)Nc2ccc(OC(=O)c3cccs3)cc2)n1-c1ccc(F)cc1. The molecule has 0 aliphatic rings. The topological polar surface area (TPSA) is 90.3 Å². The molecule has 2 aromatic carbocycles. The van der Waals surface area contributed by atoms with Crippen molar-refractivity contribution in [2.75, 3.05) is 11.1 Å². The number of carbonyl (C=O) groups is 3. The minimum absolute atomic E-state index is 0.0319.